The standard InChI is InChI=1S/C6H9FO/c1-6(7)4-2-3-5-8/h4-5H,2-3H2,1H3/b6-4-. The van der Waals surface area contributed by atoms with Crippen molar-refractivity contribution in [3.63, 3.8) is 0 Å². The van der Waals surface area contributed by atoms with Gasteiger partial charge in [0.2, 0.25) is 0 Å². The molecule has 0 aromatic carbocycles. The summed E-state index contributed by atoms with van der Waals surface area (Å²) in [6, 6.07) is 0. The predicted molar refractivity (Wildman–Crippen MR) is 30.2 cm³/mol. The van der Waals surface area contributed by atoms with Crippen LogP contribution < -0.4 is 0 Å². The van der Waals surface area contributed by atoms with E-state index in [9.17, 15) is 9.18 Å². The van der Waals surface area contributed by atoms with Crippen molar-refractivity contribution in [3.05, 3.63) is 11.9 Å². The zero-order chi connectivity index (χ0) is 6.41. The Balaban J connectivity index is 3.15. The third kappa shape index (κ3) is 5.34. The summed E-state index contributed by atoms with van der Waals surface area (Å²) in [7, 11) is 0. The van der Waals surface area contributed by atoms with Gasteiger partial charge in [-0.3, -0.25) is 0 Å². The molecule has 0 rings (SSSR count). The van der Waals surface area contributed by atoms with Crippen LogP contribution in [0.4, 0.5) is 4.39 Å². The van der Waals surface area contributed by atoms with Gasteiger partial charge < -0.3 is 4.79 Å². The van der Waals surface area contributed by atoms with Crippen molar-refractivity contribution in [2.75, 3.05) is 0 Å². The Morgan fingerprint density at radius 1 is 1.62 bits per heavy atom. The molecule has 0 aliphatic heterocycles. The van der Waals surface area contributed by atoms with Gasteiger partial charge in [-0.15, -0.1) is 0 Å². The Morgan fingerprint density at radius 2 is 2.25 bits per heavy atom. The van der Waals surface area contributed by atoms with Crippen LogP contribution >= 0.6 is 0 Å². The number of allylic oxidation sites excluding steroid dienone is 2. The molecule has 0 aliphatic carbocycles. The molecule has 2 heteroatoms. The molecule has 0 bridgehead atoms. The summed E-state index contributed by atoms with van der Waals surface area (Å²) in [6.07, 6.45) is 3.11. The number of hydrogen-bond acceptors (Lipinski definition) is 1. The molecule has 0 atom stereocenters. The number of carbonyl (C=O) groups excluding carboxylic acids is 1. The smallest absolute Gasteiger partial charge is 0.120 e. The highest BCUT2D eigenvalue weighted by Crippen LogP contribution is 1.96. The van der Waals surface area contributed by atoms with Crippen molar-refractivity contribution < 1.29 is 9.18 Å². The van der Waals surface area contributed by atoms with E-state index < -0.39 is 0 Å². The van der Waals surface area contributed by atoms with Crippen LogP contribution in [0, 0.1) is 0 Å². The average Bonchev–Trinajstić information content (AvgIpc) is 1.66. The van der Waals surface area contributed by atoms with Gasteiger partial charge in [0.1, 0.15) is 6.29 Å². The second kappa shape index (κ2) is 4.50. The fourth-order valence-electron chi connectivity index (χ4n) is 0.350. The number of halogens is 1. The highest BCUT2D eigenvalue weighted by molar-refractivity contribution is 5.49. The van der Waals surface area contributed by atoms with Crippen molar-refractivity contribution in [2.24, 2.45) is 0 Å². The molecule has 1 nitrogen and oxygen atoms in total. The largest absolute Gasteiger partial charge is 0.303 e. The van der Waals surface area contributed by atoms with Crippen LogP contribution in [-0.4, -0.2) is 6.29 Å². The molecule has 0 aliphatic rings. The minimum Gasteiger partial charge on any atom is -0.303 e. The molecule has 0 amide bonds. The molecule has 0 aromatic rings. The Kier molecular flexibility index (Phi) is 4.13. The average molecular weight is 116 g/mol. The van der Waals surface area contributed by atoms with Crippen LogP contribution in [0.5, 0.6) is 0 Å². The van der Waals surface area contributed by atoms with Crippen LogP contribution in [0.25, 0.3) is 0 Å². The van der Waals surface area contributed by atoms with Crippen molar-refractivity contribution in [1.29, 1.82) is 0 Å². The lowest BCUT2D eigenvalue weighted by molar-refractivity contribution is -0.107. The third-order valence-electron chi connectivity index (χ3n) is 0.710. The van der Waals surface area contributed by atoms with Crippen molar-refractivity contribution in [1.82, 2.24) is 0 Å². The summed E-state index contributed by atoms with van der Waals surface area (Å²) in [4.78, 5) is 9.63. The first-order valence-corrected chi connectivity index (χ1v) is 2.53. The van der Waals surface area contributed by atoms with E-state index in [4.69, 9.17) is 0 Å². The Morgan fingerprint density at radius 3 is 2.62 bits per heavy atom. The second-order valence-corrected chi connectivity index (χ2v) is 1.53. The molecular weight excluding hydrogens is 107 g/mol. The number of aldehydes is 1. The summed E-state index contributed by atoms with van der Waals surface area (Å²) in [6.45, 7) is 1.37. The topological polar surface area (TPSA) is 17.1 Å². The number of carbonyl (C=O) groups is 1. The molecule has 0 N–H and O–H groups in total. The third-order valence-corrected chi connectivity index (χ3v) is 0.710. The number of rotatable bonds is 3. The van der Waals surface area contributed by atoms with Gasteiger partial charge in [0.25, 0.3) is 0 Å². The molecule has 0 saturated carbocycles. The van der Waals surface area contributed by atoms with Crippen molar-refractivity contribution in [3.8, 4) is 0 Å². The van der Waals surface area contributed by atoms with Gasteiger partial charge in [0, 0.05) is 6.42 Å². The molecular formula is C6H9FO. The monoisotopic (exact) mass is 116 g/mol. The molecule has 0 spiro atoms. The van der Waals surface area contributed by atoms with E-state index in [-0.39, 0.29) is 5.83 Å². The quantitative estimate of drug-likeness (QED) is 0.406. The summed E-state index contributed by atoms with van der Waals surface area (Å²) in [5, 5.41) is 0. The van der Waals surface area contributed by atoms with Crippen LogP contribution in [0.3, 0.4) is 0 Å². The van der Waals surface area contributed by atoms with E-state index in [0.29, 0.717) is 12.8 Å². The van der Waals surface area contributed by atoms with Gasteiger partial charge in [0.15, 0.2) is 0 Å². The minimum atomic E-state index is -0.216. The maximum Gasteiger partial charge on any atom is 0.120 e. The SMILES string of the molecule is C/C(F)=C/CCC=O. The summed E-state index contributed by atoms with van der Waals surface area (Å²) < 4.78 is 11.8. The first-order chi connectivity index (χ1) is 3.77. The number of hydrogen-bond donors (Lipinski definition) is 0. The van der Waals surface area contributed by atoms with Crippen LogP contribution in [0.1, 0.15) is 19.8 Å². The zero-order valence-corrected chi connectivity index (χ0v) is 4.86. The second-order valence-electron chi connectivity index (χ2n) is 1.53. The molecule has 46 valence electrons. The van der Waals surface area contributed by atoms with Crippen molar-refractivity contribution >= 4 is 6.29 Å². The summed E-state index contributed by atoms with van der Waals surface area (Å²) in [5.74, 6) is -0.216. The van der Waals surface area contributed by atoms with Crippen LogP contribution in [0.2, 0.25) is 0 Å². The van der Waals surface area contributed by atoms with Crippen molar-refractivity contribution in [2.45, 2.75) is 19.8 Å². The lowest BCUT2D eigenvalue weighted by atomic mass is 10.3. The van der Waals surface area contributed by atoms with E-state index in [1.807, 2.05) is 0 Å². The molecule has 0 unspecified atom stereocenters. The Bertz CT molecular complexity index is 92.7. The molecule has 0 saturated heterocycles. The Labute approximate surface area is 48.2 Å². The van der Waals surface area contributed by atoms with Crippen LogP contribution in [-0.2, 0) is 4.79 Å². The lowest BCUT2D eigenvalue weighted by Gasteiger charge is -1.81. The maximum absolute atomic E-state index is 11.8. The van der Waals surface area contributed by atoms with Gasteiger partial charge in [-0.05, 0) is 13.3 Å². The van der Waals surface area contributed by atoms with E-state index >= 15 is 0 Å². The first-order valence-electron chi connectivity index (χ1n) is 2.53. The highest BCUT2D eigenvalue weighted by atomic mass is 19.1. The van der Waals surface area contributed by atoms with Gasteiger partial charge in [-0.25, -0.2) is 4.39 Å². The molecule has 0 heterocycles. The Hall–Kier alpha value is -0.660. The highest BCUT2D eigenvalue weighted by Gasteiger charge is 1.80. The predicted octanol–water partition coefficient (Wildman–Crippen LogP) is 1.84. The molecule has 8 heavy (non-hydrogen) atoms. The summed E-state index contributed by atoms with van der Waals surface area (Å²) in [5.41, 5.74) is 0. The van der Waals surface area contributed by atoms with E-state index in [1.54, 1.807) is 0 Å². The summed E-state index contributed by atoms with van der Waals surface area (Å²) >= 11 is 0. The minimum absolute atomic E-state index is 0.216. The van der Waals surface area contributed by atoms with Gasteiger partial charge >= 0.3 is 0 Å². The lowest BCUT2D eigenvalue weighted by Crippen LogP contribution is -1.70. The van der Waals surface area contributed by atoms with Gasteiger partial charge in [-0.1, -0.05) is 6.08 Å². The molecule has 0 aromatic heterocycles. The zero-order valence-electron chi connectivity index (χ0n) is 4.86. The van der Waals surface area contributed by atoms with E-state index in [1.165, 1.54) is 13.0 Å². The normalized spacial score (nSPS) is 11.5. The van der Waals surface area contributed by atoms with Gasteiger partial charge in [-0.2, -0.15) is 0 Å². The maximum atomic E-state index is 11.8. The first kappa shape index (κ1) is 7.34. The van der Waals surface area contributed by atoms with E-state index in [0.717, 1.165) is 6.29 Å². The number of unbranched alkanes of at least 4 members (excludes halogenated alkanes) is 1. The molecule has 0 radical (unpaired) electrons. The fourth-order valence-corrected chi connectivity index (χ4v) is 0.350. The van der Waals surface area contributed by atoms with Crippen LogP contribution in [0.15, 0.2) is 11.9 Å². The van der Waals surface area contributed by atoms with E-state index in [2.05, 4.69) is 0 Å². The van der Waals surface area contributed by atoms with Gasteiger partial charge in [0.05, 0.1) is 5.83 Å². The molecule has 0 fully saturated rings. The fraction of sp³-hybridized carbons (Fsp3) is 0.500.